The van der Waals surface area contributed by atoms with Gasteiger partial charge in [0, 0.05) is 17.5 Å². The molecule has 0 fully saturated rings. The molecule has 0 aliphatic rings. The lowest BCUT2D eigenvalue weighted by molar-refractivity contribution is 0.933. The van der Waals surface area contributed by atoms with Crippen LogP contribution < -0.4 is 10.6 Å². The summed E-state index contributed by atoms with van der Waals surface area (Å²) in [4.78, 5) is 7.70. The molecular formula is C10H14N4S2. The summed E-state index contributed by atoms with van der Waals surface area (Å²) in [7, 11) is 2.05. The Labute approximate surface area is 103 Å². The van der Waals surface area contributed by atoms with Crippen LogP contribution in [0.15, 0.2) is 5.51 Å². The molecule has 16 heavy (non-hydrogen) atoms. The van der Waals surface area contributed by atoms with Gasteiger partial charge < -0.3 is 10.6 Å². The van der Waals surface area contributed by atoms with Gasteiger partial charge in [-0.05, 0) is 25.4 Å². The number of aromatic nitrogens is 2. The fourth-order valence-corrected chi connectivity index (χ4v) is 3.06. The minimum atomic E-state index is 0.632. The highest BCUT2D eigenvalue weighted by atomic mass is 32.1. The average molecular weight is 254 g/mol. The first-order chi connectivity index (χ1) is 7.59. The Bertz CT molecular complexity index is 489. The second-order valence-corrected chi connectivity index (χ2v) is 5.41. The Balaban J connectivity index is 2.18. The molecule has 2 aromatic rings. The first kappa shape index (κ1) is 11.3. The molecule has 2 aromatic heterocycles. The summed E-state index contributed by atoms with van der Waals surface area (Å²) in [5.74, 6) is 0.632. The minimum Gasteiger partial charge on any atom is -0.383 e. The lowest BCUT2D eigenvalue weighted by atomic mass is 10.3. The molecule has 0 radical (unpaired) electrons. The summed E-state index contributed by atoms with van der Waals surface area (Å²) in [6.07, 6.45) is 0. The van der Waals surface area contributed by atoms with E-state index in [1.54, 1.807) is 11.3 Å². The number of rotatable bonds is 3. The Morgan fingerprint density at radius 1 is 1.44 bits per heavy atom. The van der Waals surface area contributed by atoms with Crippen molar-refractivity contribution in [2.75, 3.05) is 17.7 Å². The second-order valence-electron chi connectivity index (χ2n) is 3.71. The van der Waals surface area contributed by atoms with Crippen molar-refractivity contribution in [3.63, 3.8) is 0 Å². The van der Waals surface area contributed by atoms with Gasteiger partial charge in [0.25, 0.3) is 0 Å². The van der Waals surface area contributed by atoms with Crippen LogP contribution in [-0.2, 0) is 6.54 Å². The van der Waals surface area contributed by atoms with Gasteiger partial charge in [-0.2, -0.15) is 4.37 Å². The number of aryl methyl sites for hydroxylation is 1. The van der Waals surface area contributed by atoms with Gasteiger partial charge in [-0.25, -0.2) is 4.98 Å². The smallest absolute Gasteiger partial charge is 0.142 e. The third-order valence-electron chi connectivity index (χ3n) is 2.51. The monoisotopic (exact) mass is 254 g/mol. The number of anilines is 2. The Morgan fingerprint density at radius 3 is 2.69 bits per heavy atom. The van der Waals surface area contributed by atoms with Gasteiger partial charge in [0.15, 0.2) is 0 Å². The van der Waals surface area contributed by atoms with Crippen molar-refractivity contribution in [2.24, 2.45) is 0 Å². The van der Waals surface area contributed by atoms with E-state index in [9.17, 15) is 0 Å². The van der Waals surface area contributed by atoms with E-state index in [0.29, 0.717) is 5.82 Å². The molecule has 2 N–H and O–H groups in total. The first-order valence-electron chi connectivity index (χ1n) is 4.91. The van der Waals surface area contributed by atoms with Crippen molar-refractivity contribution in [2.45, 2.75) is 20.4 Å². The SMILES string of the molecule is Cc1ncsc1CN(C)c1snc(N)c1C. The number of hydrogen-bond acceptors (Lipinski definition) is 6. The summed E-state index contributed by atoms with van der Waals surface area (Å²) in [6, 6.07) is 0. The molecule has 0 spiro atoms. The summed E-state index contributed by atoms with van der Waals surface area (Å²) in [5.41, 5.74) is 9.79. The van der Waals surface area contributed by atoms with Crippen LogP contribution >= 0.6 is 22.9 Å². The molecular weight excluding hydrogens is 240 g/mol. The van der Waals surface area contributed by atoms with Crippen LogP contribution in [0.5, 0.6) is 0 Å². The standard InChI is InChI=1S/C10H14N4S2/c1-6-9(11)13-16-10(6)14(3)4-8-7(2)12-5-15-8/h5H,4H2,1-3H3,(H2,11,13). The van der Waals surface area contributed by atoms with Gasteiger partial charge in [0.2, 0.25) is 0 Å². The predicted octanol–water partition coefficient (Wildman–Crippen LogP) is 2.44. The largest absolute Gasteiger partial charge is 0.383 e. The zero-order valence-electron chi connectivity index (χ0n) is 9.52. The number of hydrogen-bond donors (Lipinski definition) is 1. The third-order valence-corrected chi connectivity index (χ3v) is 4.51. The van der Waals surface area contributed by atoms with Crippen LogP contribution in [0.2, 0.25) is 0 Å². The number of nitrogen functional groups attached to an aromatic ring is 1. The van der Waals surface area contributed by atoms with E-state index in [4.69, 9.17) is 5.73 Å². The van der Waals surface area contributed by atoms with Gasteiger partial charge in [-0.15, -0.1) is 11.3 Å². The molecule has 0 aliphatic heterocycles. The maximum absolute atomic E-state index is 5.74. The highest BCUT2D eigenvalue weighted by Crippen LogP contribution is 2.30. The fourth-order valence-electron chi connectivity index (χ4n) is 1.46. The zero-order valence-corrected chi connectivity index (χ0v) is 11.2. The molecule has 0 saturated heterocycles. The van der Waals surface area contributed by atoms with Crippen LogP contribution in [0.3, 0.4) is 0 Å². The van der Waals surface area contributed by atoms with Crippen molar-refractivity contribution in [1.82, 2.24) is 9.36 Å². The van der Waals surface area contributed by atoms with E-state index in [2.05, 4.69) is 21.3 Å². The molecule has 0 saturated carbocycles. The lowest BCUT2D eigenvalue weighted by Crippen LogP contribution is -2.15. The highest BCUT2D eigenvalue weighted by Gasteiger charge is 2.13. The molecule has 6 heteroatoms. The Hall–Kier alpha value is -1.14. The molecule has 0 amide bonds. The second kappa shape index (κ2) is 4.39. The molecule has 4 nitrogen and oxygen atoms in total. The highest BCUT2D eigenvalue weighted by molar-refractivity contribution is 7.11. The van der Waals surface area contributed by atoms with Crippen molar-refractivity contribution < 1.29 is 0 Å². The normalized spacial score (nSPS) is 10.7. The molecule has 0 atom stereocenters. The third kappa shape index (κ3) is 2.03. The molecule has 0 aliphatic carbocycles. The van der Waals surface area contributed by atoms with E-state index >= 15 is 0 Å². The number of nitrogens with two attached hydrogens (primary N) is 1. The Kier molecular flexibility index (Phi) is 3.11. The minimum absolute atomic E-state index is 0.632. The van der Waals surface area contributed by atoms with Crippen LogP contribution in [0.25, 0.3) is 0 Å². The van der Waals surface area contributed by atoms with Gasteiger partial charge in [-0.1, -0.05) is 0 Å². The topological polar surface area (TPSA) is 55.0 Å². The first-order valence-corrected chi connectivity index (χ1v) is 6.56. The van der Waals surface area contributed by atoms with Crippen molar-refractivity contribution in [3.8, 4) is 0 Å². The lowest BCUT2D eigenvalue weighted by Gasteiger charge is -2.16. The van der Waals surface area contributed by atoms with E-state index in [1.165, 1.54) is 16.4 Å². The molecule has 0 unspecified atom stereocenters. The van der Waals surface area contributed by atoms with Crippen molar-refractivity contribution in [1.29, 1.82) is 0 Å². The maximum atomic E-state index is 5.74. The average Bonchev–Trinajstić information content (AvgIpc) is 2.77. The predicted molar refractivity (Wildman–Crippen MR) is 70.2 cm³/mol. The van der Waals surface area contributed by atoms with Gasteiger partial charge in [0.05, 0.1) is 17.7 Å². The molecule has 2 heterocycles. The summed E-state index contributed by atoms with van der Waals surface area (Å²) in [5, 5.41) is 1.13. The molecule has 86 valence electrons. The van der Waals surface area contributed by atoms with Gasteiger partial charge >= 0.3 is 0 Å². The molecule has 2 rings (SSSR count). The van der Waals surface area contributed by atoms with Gasteiger partial charge in [0.1, 0.15) is 10.8 Å². The van der Waals surface area contributed by atoms with E-state index in [1.807, 2.05) is 19.4 Å². The van der Waals surface area contributed by atoms with Crippen molar-refractivity contribution >= 4 is 33.7 Å². The van der Waals surface area contributed by atoms with Gasteiger partial charge in [-0.3, -0.25) is 0 Å². The number of thiazole rings is 1. The van der Waals surface area contributed by atoms with E-state index < -0.39 is 0 Å². The van der Waals surface area contributed by atoms with E-state index in [-0.39, 0.29) is 0 Å². The van der Waals surface area contributed by atoms with Crippen LogP contribution in [-0.4, -0.2) is 16.4 Å². The zero-order chi connectivity index (χ0) is 11.7. The van der Waals surface area contributed by atoms with Crippen LogP contribution in [0, 0.1) is 13.8 Å². The Morgan fingerprint density at radius 2 is 2.19 bits per heavy atom. The maximum Gasteiger partial charge on any atom is 0.142 e. The fraction of sp³-hybridized carbons (Fsp3) is 0.400. The quantitative estimate of drug-likeness (QED) is 0.914. The van der Waals surface area contributed by atoms with Crippen molar-refractivity contribution in [3.05, 3.63) is 21.6 Å². The molecule has 0 bridgehead atoms. The summed E-state index contributed by atoms with van der Waals surface area (Å²) >= 11 is 3.13. The van der Waals surface area contributed by atoms with Crippen LogP contribution in [0.4, 0.5) is 10.8 Å². The summed E-state index contributed by atoms with van der Waals surface area (Å²) in [6.45, 7) is 4.90. The molecule has 0 aromatic carbocycles. The van der Waals surface area contributed by atoms with Crippen LogP contribution in [0.1, 0.15) is 16.1 Å². The number of nitrogens with zero attached hydrogens (tertiary/aromatic N) is 3. The van der Waals surface area contributed by atoms with E-state index in [0.717, 1.165) is 22.8 Å². The summed E-state index contributed by atoms with van der Waals surface area (Å²) < 4.78 is 4.15.